The van der Waals surface area contributed by atoms with E-state index in [1.54, 1.807) is 6.20 Å². The van der Waals surface area contributed by atoms with E-state index in [1.807, 2.05) is 17.0 Å². The van der Waals surface area contributed by atoms with Gasteiger partial charge in [0.05, 0.1) is 17.6 Å². The SMILES string of the molecule is CCc1nccn1-c1cnc(C(C)C)nc1CN. The Hall–Kier alpha value is -1.75. The molecular formula is C13H19N5. The number of hydrogen-bond donors (Lipinski definition) is 1. The monoisotopic (exact) mass is 245 g/mol. The van der Waals surface area contributed by atoms with Crippen LogP contribution in [0.3, 0.4) is 0 Å². The van der Waals surface area contributed by atoms with Crippen molar-refractivity contribution in [1.82, 2.24) is 19.5 Å². The van der Waals surface area contributed by atoms with E-state index in [9.17, 15) is 0 Å². The van der Waals surface area contributed by atoms with Crippen LogP contribution in [0.25, 0.3) is 5.69 Å². The maximum Gasteiger partial charge on any atom is 0.131 e. The average Bonchev–Trinajstić information content (AvgIpc) is 2.85. The molecule has 96 valence electrons. The third-order valence-electron chi connectivity index (χ3n) is 2.87. The first-order valence-corrected chi connectivity index (χ1v) is 6.25. The Kier molecular flexibility index (Phi) is 3.72. The van der Waals surface area contributed by atoms with Crippen LogP contribution in [0.4, 0.5) is 0 Å². The molecule has 0 bridgehead atoms. The van der Waals surface area contributed by atoms with Crippen LogP contribution in [-0.4, -0.2) is 19.5 Å². The smallest absolute Gasteiger partial charge is 0.131 e. The van der Waals surface area contributed by atoms with Crippen molar-refractivity contribution >= 4 is 0 Å². The second-order valence-corrected chi connectivity index (χ2v) is 4.49. The van der Waals surface area contributed by atoms with E-state index >= 15 is 0 Å². The Labute approximate surface area is 107 Å². The third kappa shape index (κ3) is 2.26. The summed E-state index contributed by atoms with van der Waals surface area (Å²) in [5, 5.41) is 0. The molecule has 2 aromatic heterocycles. The first kappa shape index (κ1) is 12.7. The summed E-state index contributed by atoms with van der Waals surface area (Å²) in [7, 11) is 0. The van der Waals surface area contributed by atoms with Gasteiger partial charge in [0, 0.05) is 31.3 Å². The molecule has 5 nitrogen and oxygen atoms in total. The highest BCUT2D eigenvalue weighted by Crippen LogP contribution is 2.17. The molecule has 0 aliphatic carbocycles. The average molecular weight is 245 g/mol. The normalized spacial score (nSPS) is 11.2. The molecule has 0 saturated carbocycles. The number of hydrogen-bond acceptors (Lipinski definition) is 4. The molecule has 0 aliphatic rings. The summed E-state index contributed by atoms with van der Waals surface area (Å²) in [5.41, 5.74) is 7.58. The van der Waals surface area contributed by atoms with Crippen molar-refractivity contribution in [3.8, 4) is 5.69 Å². The van der Waals surface area contributed by atoms with Crippen molar-refractivity contribution < 1.29 is 0 Å². The largest absolute Gasteiger partial charge is 0.325 e. The second-order valence-electron chi connectivity index (χ2n) is 4.49. The fraction of sp³-hybridized carbons (Fsp3) is 0.462. The maximum absolute atomic E-state index is 5.79. The predicted molar refractivity (Wildman–Crippen MR) is 70.5 cm³/mol. The quantitative estimate of drug-likeness (QED) is 0.891. The molecule has 0 radical (unpaired) electrons. The van der Waals surface area contributed by atoms with Gasteiger partial charge in [0.15, 0.2) is 0 Å². The molecule has 0 aliphatic heterocycles. The Balaban J connectivity index is 2.51. The topological polar surface area (TPSA) is 69.6 Å². The van der Waals surface area contributed by atoms with Gasteiger partial charge in [0.1, 0.15) is 11.6 Å². The zero-order valence-electron chi connectivity index (χ0n) is 11.1. The zero-order valence-corrected chi connectivity index (χ0v) is 11.1. The molecule has 2 heterocycles. The molecule has 0 aromatic carbocycles. The number of imidazole rings is 1. The lowest BCUT2D eigenvalue weighted by Crippen LogP contribution is -2.12. The summed E-state index contributed by atoms with van der Waals surface area (Å²) < 4.78 is 2.01. The van der Waals surface area contributed by atoms with Crippen LogP contribution in [0.5, 0.6) is 0 Å². The molecule has 0 atom stereocenters. The number of aromatic nitrogens is 4. The number of rotatable bonds is 4. The highest BCUT2D eigenvalue weighted by atomic mass is 15.1. The highest BCUT2D eigenvalue weighted by Gasteiger charge is 2.12. The first-order valence-electron chi connectivity index (χ1n) is 6.25. The minimum Gasteiger partial charge on any atom is -0.325 e. The molecule has 0 spiro atoms. The number of aryl methyl sites for hydroxylation is 1. The molecule has 18 heavy (non-hydrogen) atoms. The summed E-state index contributed by atoms with van der Waals surface area (Å²) >= 11 is 0. The fourth-order valence-electron chi connectivity index (χ4n) is 1.87. The van der Waals surface area contributed by atoms with Crippen molar-refractivity contribution in [1.29, 1.82) is 0 Å². The van der Waals surface area contributed by atoms with E-state index in [1.165, 1.54) is 0 Å². The molecule has 5 heteroatoms. The Bertz CT molecular complexity index is 530. The molecular weight excluding hydrogens is 226 g/mol. The van der Waals surface area contributed by atoms with E-state index < -0.39 is 0 Å². The van der Waals surface area contributed by atoms with Crippen LogP contribution < -0.4 is 5.73 Å². The lowest BCUT2D eigenvalue weighted by molar-refractivity contribution is 0.743. The van der Waals surface area contributed by atoms with Gasteiger partial charge in [0.2, 0.25) is 0 Å². The van der Waals surface area contributed by atoms with Crippen molar-refractivity contribution in [3.05, 3.63) is 35.9 Å². The summed E-state index contributed by atoms with van der Waals surface area (Å²) in [5.74, 6) is 2.13. The van der Waals surface area contributed by atoms with Gasteiger partial charge in [-0.3, -0.25) is 0 Å². The van der Waals surface area contributed by atoms with E-state index in [2.05, 4.69) is 35.7 Å². The van der Waals surface area contributed by atoms with Crippen molar-refractivity contribution in [2.75, 3.05) is 0 Å². The third-order valence-corrected chi connectivity index (χ3v) is 2.87. The van der Waals surface area contributed by atoms with Crippen LogP contribution in [0.1, 0.15) is 44.0 Å². The van der Waals surface area contributed by atoms with Gasteiger partial charge < -0.3 is 10.3 Å². The van der Waals surface area contributed by atoms with E-state index in [-0.39, 0.29) is 0 Å². The molecule has 0 unspecified atom stereocenters. The fourth-order valence-corrected chi connectivity index (χ4v) is 1.87. The molecule has 2 N–H and O–H groups in total. The summed E-state index contributed by atoms with van der Waals surface area (Å²) in [6.45, 7) is 6.62. The van der Waals surface area contributed by atoms with Gasteiger partial charge in [0.25, 0.3) is 0 Å². The molecule has 0 fully saturated rings. The van der Waals surface area contributed by atoms with Crippen molar-refractivity contribution in [2.24, 2.45) is 5.73 Å². The summed E-state index contributed by atoms with van der Waals surface area (Å²) in [6, 6.07) is 0. The van der Waals surface area contributed by atoms with Crippen LogP contribution in [0, 0.1) is 0 Å². The minimum atomic E-state index is 0.304. The van der Waals surface area contributed by atoms with Gasteiger partial charge in [-0.25, -0.2) is 15.0 Å². The van der Waals surface area contributed by atoms with E-state index in [0.29, 0.717) is 12.5 Å². The van der Waals surface area contributed by atoms with Crippen LogP contribution in [0.15, 0.2) is 18.6 Å². The van der Waals surface area contributed by atoms with Gasteiger partial charge in [-0.1, -0.05) is 20.8 Å². The Morgan fingerprint density at radius 2 is 2.11 bits per heavy atom. The van der Waals surface area contributed by atoms with Gasteiger partial charge in [-0.15, -0.1) is 0 Å². The second kappa shape index (κ2) is 5.27. The number of nitrogens with zero attached hydrogens (tertiary/aromatic N) is 4. The molecule has 2 rings (SSSR count). The lowest BCUT2D eigenvalue weighted by atomic mass is 10.2. The predicted octanol–water partition coefficient (Wildman–Crippen LogP) is 1.81. The summed E-state index contributed by atoms with van der Waals surface area (Å²) in [6.07, 6.45) is 6.41. The van der Waals surface area contributed by atoms with Crippen molar-refractivity contribution in [3.63, 3.8) is 0 Å². The standard InChI is InChI=1S/C13H19N5/c1-4-12-15-5-6-18(12)11-8-16-13(9(2)3)17-10(11)7-14/h5-6,8-9H,4,7,14H2,1-3H3. The van der Waals surface area contributed by atoms with Crippen LogP contribution in [-0.2, 0) is 13.0 Å². The zero-order chi connectivity index (χ0) is 13.1. The van der Waals surface area contributed by atoms with Crippen molar-refractivity contribution in [2.45, 2.75) is 39.7 Å². The first-order chi connectivity index (χ1) is 8.67. The molecule has 0 saturated heterocycles. The van der Waals surface area contributed by atoms with Gasteiger partial charge in [-0.2, -0.15) is 0 Å². The molecule has 0 amide bonds. The van der Waals surface area contributed by atoms with Crippen LogP contribution in [0.2, 0.25) is 0 Å². The van der Waals surface area contributed by atoms with E-state index in [4.69, 9.17) is 5.73 Å². The lowest BCUT2D eigenvalue weighted by Gasteiger charge is -2.12. The Morgan fingerprint density at radius 1 is 1.33 bits per heavy atom. The maximum atomic E-state index is 5.79. The minimum absolute atomic E-state index is 0.304. The summed E-state index contributed by atoms with van der Waals surface area (Å²) in [4.78, 5) is 13.3. The van der Waals surface area contributed by atoms with Gasteiger partial charge in [-0.05, 0) is 0 Å². The van der Waals surface area contributed by atoms with E-state index in [0.717, 1.165) is 29.5 Å². The van der Waals surface area contributed by atoms with Gasteiger partial charge >= 0.3 is 0 Å². The highest BCUT2D eigenvalue weighted by molar-refractivity contribution is 5.36. The van der Waals surface area contributed by atoms with Crippen LogP contribution >= 0.6 is 0 Å². The molecule has 2 aromatic rings. The Morgan fingerprint density at radius 3 is 2.72 bits per heavy atom. The number of nitrogens with two attached hydrogens (primary N) is 1.